The van der Waals surface area contributed by atoms with Gasteiger partial charge in [-0.3, -0.25) is 0 Å². The molecule has 0 aromatic heterocycles. The lowest BCUT2D eigenvalue weighted by atomic mass is 10.1. The molecule has 0 amide bonds. The monoisotopic (exact) mass is 245 g/mol. The predicted molar refractivity (Wildman–Crippen MR) is 61.6 cm³/mol. The van der Waals surface area contributed by atoms with Crippen LogP contribution in [0.5, 0.6) is 5.75 Å². The number of rotatable bonds is 7. The summed E-state index contributed by atoms with van der Waals surface area (Å²) >= 11 is 0. The highest BCUT2D eigenvalue weighted by molar-refractivity contribution is 5.35. The number of halogens is 2. The van der Waals surface area contributed by atoms with E-state index >= 15 is 0 Å². The van der Waals surface area contributed by atoms with Crippen molar-refractivity contribution in [2.75, 3.05) is 27.4 Å². The van der Waals surface area contributed by atoms with E-state index in [0.29, 0.717) is 5.75 Å². The van der Waals surface area contributed by atoms with Crippen molar-refractivity contribution >= 4 is 0 Å². The van der Waals surface area contributed by atoms with Crippen molar-refractivity contribution in [3.8, 4) is 5.75 Å². The minimum Gasteiger partial charge on any atom is -0.496 e. The standard InChI is InChI=1S/C12H17F2NO2/c1-15-10(7-17-8-12(13)14)9-5-3-4-6-11(9)16-2/h3-6,10,12,15H,7-8H2,1-2H3. The Morgan fingerprint density at radius 1 is 1.24 bits per heavy atom. The molecule has 1 N–H and O–H groups in total. The van der Waals surface area contributed by atoms with E-state index in [9.17, 15) is 8.78 Å². The lowest BCUT2D eigenvalue weighted by Crippen LogP contribution is -2.23. The summed E-state index contributed by atoms with van der Waals surface area (Å²) in [6.07, 6.45) is -2.44. The second-order valence-corrected chi connectivity index (χ2v) is 3.51. The number of nitrogens with one attached hydrogen (secondary N) is 1. The van der Waals surface area contributed by atoms with E-state index in [1.54, 1.807) is 14.2 Å². The van der Waals surface area contributed by atoms with E-state index in [4.69, 9.17) is 9.47 Å². The van der Waals surface area contributed by atoms with Crippen molar-refractivity contribution in [1.82, 2.24) is 5.32 Å². The van der Waals surface area contributed by atoms with Gasteiger partial charge in [-0.05, 0) is 13.1 Å². The SMILES string of the molecule is CNC(COCC(F)F)c1ccccc1OC. The second kappa shape index (κ2) is 7.19. The minimum atomic E-state index is -2.44. The first-order chi connectivity index (χ1) is 8.19. The van der Waals surface area contributed by atoms with Crippen LogP contribution in [0.15, 0.2) is 24.3 Å². The molecule has 0 fully saturated rings. The fourth-order valence-electron chi connectivity index (χ4n) is 1.56. The molecule has 0 spiro atoms. The summed E-state index contributed by atoms with van der Waals surface area (Å²) in [5, 5.41) is 3.02. The highest BCUT2D eigenvalue weighted by atomic mass is 19.3. The number of para-hydroxylation sites is 1. The number of ether oxygens (including phenoxy) is 2. The van der Waals surface area contributed by atoms with Crippen LogP contribution < -0.4 is 10.1 Å². The molecule has 0 aliphatic carbocycles. The van der Waals surface area contributed by atoms with Gasteiger partial charge in [0.25, 0.3) is 6.43 Å². The van der Waals surface area contributed by atoms with Gasteiger partial charge in [0.15, 0.2) is 0 Å². The van der Waals surface area contributed by atoms with E-state index in [1.165, 1.54) is 0 Å². The molecular formula is C12H17F2NO2. The van der Waals surface area contributed by atoms with E-state index < -0.39 is 13.0 Å². The molecule has 1 atom stereocenters. The van der Waals surface area contributed by atoms with Crippen LogP contribution in [-0.4, -0.2) is 33.8 Å². The summed E-state index contributed by atoms with van der Waals surface area (Å²) < 4.78 is 34.1. The average molecular weight is 245 g/mol. The quantitative estimate of drug-likeness (QED) is 0.799. The average Bonchev–Trinajstić information content (AvgIpc) is 2.34. The van der Waals surface area contributed by atoms with Crippen LogP contribution in [0.4, 0.5) is 8.78 Å². The molecule has 1 unspecified atom stereocenters. The predicted octanol–water partition coefficient (Wildman–Crippen LogP) is 2.24. The van der Waals surface area contributed by atoms with Crippen molar-refractivity contribution in [1.29, 1.82) is 0 Å². The topological polar surface area (TPSA) is 30.5 Å². The summed E-state index contributed by atoms with van der Waals surface area (Å²) in [6, 6.07) is 7.27. The molecule has 3 nitrogen and oxygen atoms in total. The van der Waals surface area contributed by atoms with Gasteiger partial charge in [0.05, 0.1) is 19.8 Å². The van der Waals surface area contributed by atoms with Crippen molar-refractivity contribution in [2.24, 2.45) is 0 Å². The number of hydrogen-bond acceptors (Lipinski definition) is 3. The molecule has 0 aliphatic rings. The highest BCUT2D eigenvalue weighted by Gasteiger charge is 2.14. The molecule has 0 radical (unpaired) electrons. The van der Waals surface area contributed by atoms with Gasteiger partial charge in [0, 0.05) is 5.56 Å². The maximum Gasteiger partial charge on any atom is 0.261 e. The fraction of sp³-hybridized carbons (Fsp3) is 0.500. The van der Waals surface area contributed by atoms with Crippen LogP contribution in [0.25, 0.3) is 0 Å². The van der Waals surface area contributed by atoms with Crippen molar-refractivity contribution in [2.45, 2.75) is 12.5 Å². The summed E-state index contributed by atoms with van der Waals surface area (Å²) in [7, 11) is 3.33. The first-order valence-electron chi connectivity index (χ1n) is 5.35. The Labute approximate surface area is 99.7 Å². The van der Waals surface area contributed by atoms with E-state index in [0.717, 1.165) is 5.56 Å². The molecule has 0 saturated heterocycles. The van der Waals surface area contributed by atoms with Gasteiger partial charge < -0.3 is 14.8 Å². The first-order valence-corrected chi connectivity index (χ1v) is 5.35. The number of benzene rings is 1. The van der Waals surface area contributed by atoms with Crippen LogP contribution in [0.2, 0.25) is 0 Å². The lowest BCUT2D eigenvalue weighted by Gasteiger charge is -2.19. The van der Waals surface area contributed by atoms with Crippen LogP contribution in [0.3, 0.4) is 0 Å². The fourth-order valence-corrected chi connectivity index (χ4v) is 1.56. The van der Waals surface area contributed by atoms with Gasteiger partial charge in [0.2, 0.25) is 0 Å². The zero-order chi connectivity index (χ0) is 12.7. The van der Waals surface area contributed by atoms with Gasteiger partial charge in [-0.25, -0.2) is 8.78 Å². The summed E-state index contributed by atoms with van der Waals surface area (Å²) in [5.74, 6) is 0.715. The molecule has 1 aromatic carbocycles. The molecule has 0 saturated carbocycles. The van der Waals surface area contributed by atoms with Gasteiger partial charge in [0.1, 0.15) is 12.4 Å². The Bertz CT molecular complexity index is 334. The van der Waals surface area contributed by atoms with Crippen LogP contribution in [0, 0.1) is 0 Å². The summed E-state index contributed by atoms with van der Waals surface area (Å²) in [5.41, 5.74) is 0.895. The molecule has 5 heteroatoms. The molecule has 0 bridgehead atoms. The Morgan fingerprint density at radius 3 is 2.53 bits per heavy atom. The smallest absolute Gasteiger partial charge is 0.261 e. The maximum absolute atomic E-state index is 12.0. The molecular weight excluding hydrogens is 228 g/mol. The van der Waals surface area contributed by atoms with Gasteiger partial charge in [-0.1, -0.05) is 18.2 Å². The molecule has 96 valence electrons. The third kappa shape index (κ3) is 4.28. The van der Waals surface area contributed by atoms with Crippen molar-refractivity contribution < 1.29 is 18.3 Å². The zero-order valence-corrected chi connectivity index (χ0v) is 9.95. The largest absolute Gasteiger partial charge is 0.496 e. The summed E-state index contributed by atoms with van der Waals surface area (Å²) in [4.78, 5) is 0. The van der Waals surface area contributed by atoms with E-state index in [1.807, 2.05) is 24.3 Å². The Kier molecular flexibility index (Phi) is 5.86. The molecule has 0 aliphatic heterocycles. The Balaban J connectivity index is 2.65. The van der Waals surface area contributed by atoms with Crippen molar-refractivity contribution in [3.05, 3.63) is 29.8 Å². The third-order valence-corrected chi connectivity index (χ3v) is 2.39. The lowest BCUT2D eigenvalue weighted by molar-refractivity contribution is 0.00968. The molecule has 1 aromatic rings. The second-order valence-electron chi connectivity index (χ2n) is 3.51. The van der Waals surface area contributed by atoms with E-state index in [-0.39, 0.29) is 12.6 Å². The number of likely N-dealkylation sites (N-methyl/N-ethyl adjacent to an activating group) is 1. The Morgan fingerprint density at radius 2 is 1.94 bits per heavy atom. The van der Waals surface area contributed by atoms with Crippen LogP contribution in [-0.2, 0) is 4.74 Å². The van der Waals surface area contributed by atoms with Crippen LogP contribution in [0.1, 0.15) is 11.6 Å². The minimum absolute atomic E-state index is 0.162. The molecule has 0 heterocycles. The maximum atomic E-state index is 12.0. The van der Waals surface area contributed by atoms with E-state index in [2.05, 4.69) is 5.32 Å². The van der Waals surface area contributed by atoms with Gasteiger partial charge in [-0.15, -0.1) is 0 Å². The molecule has 1 rings (SSSR count). The Hall–Kier alpha value is -1.20. The van der Waals surface area contributed by atoms with Crippen molar-refractivity contribution in [3.63, 3.8) is 0 Å². The van der Waals surface area contributed by atoms with Crippen LogP contribution >= 0.6 is 0 Å². The zero-order valence-electron chi connectivity index (χ0n) is 9.95. The first kappa shape index (κ1) is 13.9. The number of methoxy groups -OCH3 is 1. The highest BCUT2D eigenvalue weighted by Crippen LogP contribution is 2.24. The van der Waals surface area contributed by atoms with Gasteiger partial charge in [-0.2, -0.15) is 0 Å². The summed E-state index contributed by atoms with van der Waals surface area (Å²) in [6.45, 7) is -0.367. The van der Waals surface area contributed by atoms with Gasteiger partial charge >= 0.3 is 0 Å². The third-order valence-electron chi connectivity index (χ3n) is 2.39. The normalized spacial score (nSPS) is 12.8. The number of hydrogen-bond donors (Lipinski definition) is 1. The molecule has 17 heavy (non-hydrogen) atoms. The number of alkyl halides is 2.